The molecule has 0 spiro atoms. The van der Waals surface area contributed by atoms with Gasteiger partial charge in [-0.1, -0.05) is 36.8 Å². The molecular formula is C25H30ClFN4O3S2. The molecule has 36 heavy (non-hydrogen) atoms. The number of fused-ring (bicyclic) bond motifs is 1. The fourth-order valence-electron chi connectivity index (χ4n) is 4.40. The third-order valence-corrected chi connectivity index (χ3v) is 9.81. The molecule has 0 aliphatic carbocycles. The molecule has 0 radical (unpaired) electrons. The number of benzene rings is 2. The maximum absolute atomic E-state index is 13.7. The number of carbonyl (C=O) groups is 1. The Kier molecular flexibility index (Phi) is 8.62. The fourth-order valence-corrected chi connectivity index (χ4v) is 7.15. The number of halogens is 2. The summed E-state index contributed by atoms with van der Waals surface area (Å²) in [5.41, 5.74) is 0.792. The molecule has 1 amide bonds. The molecule has 0 atom stereocenters. The number of amides is 1. The van der Waals surface area contributed by atoms with Gasteiger partial charge in [0.25, 0.3) is 0 Å². The van der Waals surface area contributed by atoms with Gasteiger partial charge in [-0.05, 0) is 68.4 Å². The van der Waals surface area contributed by atoms with Crippen LogP contribution < -0.4 is 4.90 Å². The zero-order valence-corrected chi connectivity index (χ0v) is 22.8. The first-order valence-corrected chi connectivity index (χ1v) is 14.7. The minimum absolute atomic E-state index is 0.0360. The molecule has 3 aromatic rings. The van der Waals surface area contributed by atoms with Crippen LogP contribution in [-0.4, -0.2) is 67.8 Å². The van der Waals surface area contributed by atoms with Gasteiger partial charge in [-0.2, -0.15) is 4.31 Å². The summed E-state index contributed by atoms with van der Waals surface area (Å²) in [5.74, 6) is -0.830. The fraction of sp³-hybridized carbons (Fsp3) is 0.440. The summed E-state index contributed by atoms with van der Waals surface area (Å²) in [6.45, 7) is 7.63. The Hall–Kier alpha value is -2.11. The standard InChI is InChI=1S/C25H30ClFN4O3S2/c1-3-29(4-2)15-16-31(25-28-22-10-5-19(26)17-23(22)35-25)24(32)18-11-13-30(14-12-18)36(33,34)21-8-6-20(27)7-9-21/h5-10,17-18H,3-4,11-16H2,1-2H3. The SMILES string of the molecule is CCN(CC)CCN(C(=O)C1CCN(S(=O)(=O)c2ccc(F)cc2)CC1)c1nc2ccc(Cl)cc2s1. The van der Waals surface area contributed by atoms with Crippen molar-refractivity contribution in [1.82, 2.24) is 14.2 Å². The summed E-state index contributed by atoms with van der Waals surface area (Å²) in [5, 5.41) is 1.25. The highest BCUT2D eigenvalue weighted by molar-refractivity contribution is 7.89. The van der Waals surface area contributed by atoms with Crippen molar-refractivity contribution in [3.05, 3.63) is 53.3 Å². The van der Waals surface area contributed by atoms with E-state index in [1.807, 2.05) is 12.1 Å². The third-order valence-electron chi connectivity index (χ3n) is 6.62. The van der Waals surface area contributed by atoms with Crippen molar-refractivity contribution in [2.45, 2.75) is 31.6 Å². The lowest BCUT2D eigenvalue weighted by molar-refractivity contribution is -0.123. The molecule has 0 bridgehead atoms. The average molecular weight is 553 g/mol. The molecule has 11 heteroatoms. The number of hydrogen-bond donors (Lipinski definition) is 0. The van der Waals surface area contributed by atoms with Gasteiger partial charge in [-0.25, -0.2) is 17.8 Å². The zero-order chi connectivity index (χ0) is 25.9. The Labute approximate surface area is 220 Å². The Morgan fingerprint density at radius 3 is 2.42 bits per heavy atom. The van der Waals surface area contributed by atoms with Gasteiger partial charge in [0.05, 0.1) is 15.1 Å². The van der Waals surface area contributed by atoms with E-state index in [1.165, 1.54) is 27.8 Å². The number of sulfonamides is 1. The smallest absolute Gasteiger partial charge is 0.243 e. The molecule has 0 N–H and O–H groups in total. The normalized spacial score (nSPS) is 15.6. The van der Waals surface area contributed by atoms with Crippen LogP contribution in [0, 0.1) is 11.7 Å². The predicted octanol–water partition coefficient (Wildman–Crippen LogP) is 4.86. The van der Waals surface area contributed by atoms with Gasteiger partial charge in [-0.15, -0.1) is 0 Å². The van der Waals surface area contributed by atoms with Gasteiger partial charge in [-0.3, -0.25) is 9.69 Å². The number of rotatable bonds is 9. The number of carbonyl (C=O) groups excluding carboxylic acids is 1. The van der Waals surface area contributed by atoms with Crippen LogP contribution in [0.1, 0.15) is 26.7 Å². The Bertz CT molecular complexity index is 1300. The zero-order valence-electron chi connectivity index (χ0n) is 20.4. The first-order valence-electron chi connectivity index (χ1n) is 12.1. The Balaban J connectivity index is 1.51. The van der Waals surface area contributed by atoms with Crippen molar-refractivity contribution in [1.29, 1.82) is 0 Å². The van der Waals surface area contributed by atoms with E-state index < -0.39 is 15.8 Å². The molecule has 1 aromatic heterocycles. The summed E-state index contributed by atoms with van der Waals surface area (Å²) in [6.07, 6.45) is 0.829. The number of hydrogen-bond acceptors (Lipinski definition) is 6. The van der Waals surface area contributed by atoms with E-state index in [2.05, 4.69) is 18.7 Å². The van der Waals surface area contributed by atoms with Crippen LogP contribution in [-0.2, 0) is 14.8 Å². The molecule has 1 saturated heterocycles. The average Bonchev–Trinajstić information content (AvgIpc) is 3.29. The van der Waals surface area contributed by atoms with E-state index in [0.717, 1.165) is 35.4 Å². The van der Waals surface area contributed by atoms with Crippen molar-refractivity contribution in [3.63, 3.8) is 0 Å². The summed E-state index contributed by atoms with van der Waals surface area (Å²) >= 11 is 7.59. The second kappa shape index (κ2) is 11.5. The van der Waals surface area contributed by atoms with E-state index in [4.69, 9.17) is 16.6 Å². The van der Waals surface area contributed by atoms with E-state index in [1.54, 1.807) is 11.0 Å². The van der Waals surface area contributed by atoms with Crippen molar-refractivity contribution < 1.29 is 17.6 Å². The van der Waals surface area contributed by atoms with Gasteiger partial charge < -0.3 is 4.90 Å². The van der Waals surface area contributed by atoms with Crippen molar-refractivity contribution in [2.24, 2.45) is 5.92 Å². The van der Waals surface area contributed by atoms with Crippen molar-refractivity contribution in [3.8, 4) is 0 Å². The lowest BCUT2D eigenvalue weighted by Crippen LogP contribution is -2.46. The van der Waals surface area contributed by atoms with E-state index in [9.17, 15) is 17.6 Å². The molecule has 0 unspecified atom stereocenters. The molecule has 2 aromatic carbocycles. The minimum atomic E-state index is -3.74. The maximum atomic E-state index is 13.7. The highest BCUT2D eigenvalue weighted by Gasteiger charge is 2.35. The van der Waals surface area contributed by atoms with Crippen LogP contribution in [0.4, 0.5) is 9.52 Å². The molecule has 7 nitrogen and oxygen atoms in total. The van der Waals surface area contributed by atoms with Crippen LogP contribution in [0.25, 0.3) is 10.2 Å². The second-order valence-electron chi connectivity index (χ2n) is 8.76. The largest absolute Gasteiger partial charge is 0.302 e. The highest BCUT2D eigenvalue weighted by Crippen LogP contribution is 2.33. The van der Waals surface area contributed by atoms with Crippen molar-refractivity contribution in [2.75, 3.05) is 44.2 Å². The molecule has 1 aliphatic heterocycles. The van der Waals surface area contributed by atoms with E-state index in [0.29, 0.717) is 36.1 Å². The first-order chi connectivity index (χ1) is 17.2. The van der Waals surface area contributed by atoms with Crippen LogP contribution in [0.15, 0.2) is 47.4 Å². The first kappa shape index (κ1) is 26.9. The number of piperidine rings is 1. The highest BCUT2D eigenvalue weighted by atomic mass is 35.5. The number of aromatic nitrogens is 1. The topological polar surface area (TPSA) is 73.8 Å². The Morgan fingerprint density at radius 1 is 1.11 bits per heavy atom. The van der Waals surface area contributed by atoms with E-state index in [-0.39, 0.29) is 29.8 Å². The van der Waals surface area contributed by atoms with Gasteiger partial charge in [0.1, 0.15) is 5.82 Å². The molecular weight excluding hydrogens is 523 g/mol. The number of thiazole rings is 1. The minimum Gasteiger partial charge on any atom is -0.302 e. The lowest BCUT2D eigenvalue weighted by Gasteiger charge is -2.33. The summed E-state index contributed by atoms with van der Waals surface area (Å²) in [4.78, 5) is 22.5. The predicted molar refractivity (Wildman–Crippen MR) is 143 cm³/mol. The Morgan fingerprint density at radius 2 is 1.78 bits per heavy atom. The van der Waals surface area contributed by atoms with E-state index >= 15 is 0 Å². The van der Waals surface area contributed by atoms with Gasteiger partial charge >= 0.3 is 0 Å². The van der Waals surface area contributed by atoms with Gasteiger partial charge in [0.2, 0.25) is 15.9 Å². The number of likely N-dealkylation sites (N-methyl/N-ethyl adjacent to an activating group) is 1. The van der Waals surface area contributed by atoms with Gasteiger partial charge in [0, 0.05) is 37.1 Å². The number of nitrogens with zero attached hydrogens (tertiary/aromatic N) is 4. The van der Waals surface area contributed by atoms with Gasteiger partial charge in [0.15, 0.2) is 5.13 Å². The summed E-state index contributed by atoms with van der Waals surface area (Å²) in [6, 6.07) is 10.3. The summed E-state index contributed by atoms with van der Waals surface area (Å²) < 4.78 is 41.5. The second-order valence-corrected chi connectivity index (χ2v) is 12.1. The van der Waals surface area contributed by atoms with Crippen LogP contribution in [0.3, 0.4) is 0 Å². The molecule has 1 aliphatic rings. The number of anilines is 1. The third kappa shape index (κ3) is 5.89. The van der Waals surface area contributed by atoms with Crippen molar-refractivity contribution >= 4 is 54.2 Å². The molecule has 194 valence electrons. The summed E-state index contributed by atoms with van der Waals surface area (Å²) in [7, 11) is -3.74. The maximum Gasteiger partial charge on any atom is 0.243 e. The quantitative estimate of drug-likeness (QED) is 0.379. The van der Waals surface area contributed by atoms with Crippen LogP contribution >= 0.6 is 22.9 Å². The molecule has 4 rings (SSSR count). The van der Waals surface area contributed by atoms with Crippen LogP contribution in [0.5, 0.6) is 0 Å². The van der Waals surface area contributed by atoms with Crippen LogP contribution in [0.2, 0.25) is 5.02 Å². The molecule has 1 fully saturated rings. The monoisotopic (exact) mass is 552 g/mol. The molecule has 2 heterocycles. The molecule has 0 saturated carbocycles. The lowest BCUT2D eigenvalue weighted by atomic mass is 9.96.